The molecule has 0 bridgehead atoms. The van der Waals surface area contributed by atoms with Gasteiger partial charge in [0, 0.05) is 13.2 Å². The van der Waals surface area contributed by atoms with Crippen LogP contribution in [0.25, 0.3) is 5.69 Å². The van der Waals surface area contributed by atoms with Gasteiger partial charge in [0.15, 0.2) is 12.4 Å². The van der Waals surface area contributed by atoms with Gasteiger partial charge >= 0.3 is 5.97 Å². The lowest BCUT2D eigenvalue weighted by Crippen LogP contribution is -2.42. The normalized spacial score (nSPS) is 16.0. The number of rotatable bonds is 5. The van der Waals surface area contributed by atoms with Gasteiger partial charge in [-0.2, -0.15) is 4.68 Å². The summed E-state index contributed by atoms with van der Waals surface area (Å²) in [6.45, 7) is 1.08. The van der Waals surface area contributed by atoms with E-state index in [1.54, 1.807) is 4.68 Å². The van der Waals surface area contributed by atoms with Crippen LogP contribution in [-0.4, -0.2) is 39.4 Å². The molecule has 0 radical (unpaired) electrons. The van der Waals surface area contributed by atoms with Gasteiger partial charge in [-0.15, -0.1) is 5.10 Å². The van der Waals surface area contributed by atoms with Gasteiger partial charge in [-0.1, -0.05) is 48.5 Å². The molecule has 7 heteroatoms. The monoisotopic (exact) mass is 364 g/mol. The largest absolute Gasteiger partial charge is 0.457 e. The minimum Gasteiger partial charge on any atom is -0.457 e. The zero-order valence-electron chi connectivity index (χ0n) is 14.8. The Morgan fingerprint density at radius 2 is 1.70 bits per heavy atom. The second kappa shape index (κ2) is 7.67. The first kappa shape index (κ1) is 17.4. The molecule has 0 N–H and O–H groups in total. The molecule has 4 rings (SSSR count). The van der Waals surface area contributed by atoms with Gasteiger partial charge in [-0.25, -0.2) is 0 Å². The van der Waals surface area contributed by atoms with Crippen LogP contribution in [0.4, 0.5) is 0 Å². The fourth-order valence-electron chi connectivity index (χ4n) is 3.42. The van der Waals surface area contributed by atoms with Crippen LogP contribution in [0, 0.1) is 0 Å². The molecule has 1 aliphatic rings. The molecule has 1 aliphatic heterocycles. The molecule has 1 aromatic heterocycles. The lowest BCUT2D eigenvalue weighted by molar-refractivity contribution is -0.156. The van der Waals surface area contributed by atoms with Crippen molar-refractivity contribution in [3.05, 3.63) is 72.1 Å². The number of ether oxygens (including phenoxy) is 2. The van der Waals surface area contributed by atoms with E-state index in [-0.39, 0.29) is 12.6 Å². The SMILES string of the molecule is O=C(OCc1nnnn1-c1ccccc1)C1(c2ccccc2)CCOCC1. The minimum atomic E-state index is -0.690. The molecular formula is C20H20N4O3. The highest BCUT2D eigenvalue weighted by molar-refractivity contribution is 5.83. The standard InChI is InChI=1S/C20H20N4O3/c25-19(20(11-13-26-14-12-20)16-7-3-1-4-8-16)27-15-18-21-22-23-24(18)17-9-5-2-6-10-17/h1-10H,11-15H2. The smallest absolute Gasteiger partial charge is 0.317 e. The number of carbonyl (C=O) groups is 1. The van der Waals surface area contributed by atoms with Gasteiger partial charge in [0.25, 0.3) is 0 Å². The summed E-state index contributed by atoms with van der Waals surface area (Å²) in [6, 6.07) is 19.3. The summed E-state index contributed by atoms with van der Waals surface area (Å²) in [5.41, 5.74) is 1.09. The van der Waals surface area contributed by atoms with E-state index in [0.717, 1.165) is 11.3 Å². The third-order valence-electron chi connectivity index (χ3n) is 4.93. The van der Waals surface area contributed by atoms with Crippen LogP contribution in [0.2, 0.25) is 0 Å². The van der Waals surface area contributed by atoms with E-state index in [0.29, 0.717) is 31.9 Å². The van der Waals surface area contributed by atoms with E-state index in [4.69, 9.17) is 9.47 Å². The number of hydrogen-bond acceptors (Lipinski definition) is 6. The van der Waals surface area contributed by atoms with Crippen LogP contribution < -0.4 is 0 Å². The first-order valence-corrected chi connectivity index (χ1v) is 8.93. The van der Waals surface area contributed by atoms with Crippen molar-refractivity contribution < 1.29 is 14.3 Å². The number of esters is 1. The summed E-state index contributed by atoms with van der Waals surface area (Å²) in [5, 5.41) is 11.7. The van der Waals surface area contributed by atoms with Crippen molar-refractivity contribution in [1.82, 2.24) is 20.2 Å². The van der Waals surface area contributed by atoms with Gasteiger partial charge in [0.05, 0.1) is 11.1 Å². The average molecular weight is 364 g/mol. The van der Waals surface area contributed by atoms with Crippen molar-refractivity contribution in [2.75, 3.05) is 13.2 Å². The number of hydrogen-bond donors (Lipinski definition) is 0. The summed E-state index contributed by atoms with van der Waals surface area (Å²) in [5.74, 6) is 0.212. The van der Waals surface area contributed by atoms with Gasteiger partial charge in [-0.05, 0) is 41.0 Å². The second-order valence-electron chi connectivity index (χ2n) is 6.48. The van der Waals surface area contributed by atoms with Gasteiger partial charge in [-0.3, -0.25) is 4.79 Å². The Balaban J connectivity index is 1.54. The molecule has 0 spiro atoms. The molecule has 138 valence electrons. The van der Waals surface area contributed by atoms with Gasteiger partial charge in [0.2, 0.25) is 0 Å². The number of aromatic nitrogens is 4. The van der Waals surface area contributed by atoms with Crippen LogP contribution in [0.5, 0.6) is 0 Å². The first-order valence-electron chi connectivity index (χ1n) is 8.93. The fourth-order valence-corrected chi connectivity index (χ4v) is 3.42. The molecule has 0 amide bonds. The van der Waals surface area contributed by atoms with E-state index in [1.165, 1.54) is 0 Å². The van der Waals surface area contributed by atoms with Crippen molar-refractivity contribution in [1.29, 1.82) is 0 Å². The molecule has 27 heavy (non-hydrogen) atoms. The van der Waals surface area contributed by atoms with Gasteiger partial charge in [0.1, 0.15) is 0 Å². The third kappa shape index (κ3) is 3.46. The summed E-state index contributed by atoms with van der Waals surface area (Å²) in [4.78, 5) is 13.1. The van der Waals surface area contributed by atoms with Crippen molar-refractivity contribution >= 4 is 5.97 Å². The third-order valence-corrected chi connectivity index (χ3v) is 4.93. The highest BCUT2D eigenvalue weighted by Gasteiger charge is 2.43. The molecule has 2 heterocycles. The van der Waals surface area contributed by atoms with Crippen LogP contribution >= 0.6 is 0 Å². The Labute approximate surface area is 156 Å². The van der Waals surface area contributed by atoms with Gasteiger partial charge < -0.3 is 9.47 Å². The first-order chi connectivity index (χ1) is 13.3. The van der Waals surface area contributed by atoms with E-state index in [9.17, 15) is 4.79 Å². The Kier molecular flexibility index (Phi) is 4.93. The van der Waals surface area contributed by atoms with E-state index in [2.05, 4.69) is 15.5 Å². The van der Waals surface area contributed by atoms with Crippen molar-refractivity contribution in [2.24, 2.45) is 0 Å². The molecule has 0 atom stereocenters. The maximum atomic E-state index is 13.1. The second-order valence-corrected chi connectivity index (χ2v) is 6.48. The highest BCUT2D eigenvalue weighted by atomic mass is 16.5. The molecule has 0 saturated carbocycles. The minimum absolute atomic E-state index is 0.0101. The van der Waals surface area contributed by atoms with Crippen LogP contribution in [0.1, 0.15) is 24.2 Å². The number of para-hydroxylation sites is 1. The van der Waals surface area contributed by atoms with Crippen LogP contribution in [0.3, 0.4) is 0 Å². The number of nitrogens with zero attached hydrogens (tertiary/aromatic N) is 4. The van der Waals surface area contributed by atoms with Crippen molar-refractivity contribution in [3.8, 4) is 5.69 Å². The van der Waals surface area contributed by atoms with Crippen LogP contribution in [-0.2, 0) is 26.3 Å². The topological polar surface area (TPSA) is 79.1 Å². The molecule has 2 aromatic carbocycles. The zero-order chi connectivity index (χ0) is 18.5. The average Bonchev–Trinajstić information content (AvgIpc) is 3.22. The predicted molar refractivity (Wildman–Crippen MR) is 97.1 cm³/mol. The highest BCUT2D eigenvalue weighted by Crippen LogP contribution is 2.36. The lowest BCUT2D eigenvalue weighted by atomic mass is 9.74. The molecule has 3 aromatic rings. The molecular weight excluding hydrogens is 344 g/mol. The Morgan fingerprint density at radius 1 is 1.04 bits per heavy atom. The van der Waals surface area contributed by atoms with Crippen LogP contribution in [0.15, 0.2) is 60.7 Å². The maximum absolute atomic E-state index is 13.1. The molecule has 0 aliphatic carbocycles. The lowest BCUT2D eigenvalue weighted by Gasteiger charge is -2.35. The quantitative estimate of drug-likeness (QED) is 0.647. The fraction of sp³-hybridized carbons (Fsp3) is 0.300. The Bertz CT molecular complexity index is 890. The Hall–Kier alpha value is -3.06. The predicted octanol–water partition coefficient (Wildman–Crippen LogP) is 2.45. The van der Waals surface area contributed by atoms with E-state index >= 15 is 0 Å². The van der Waals surface area contributed by atoms with Crippen molar-refractivity contribution in [3.63, 3.8) is 0 Å². The van der Waals surface area contributed by atoms with E-state index < -0.39 is 5.41 Å². The number of benzene rings is 2. The van der Waals surface area contributed by atoms with E-state index in [1.807, 2.05) is 60.7 Å². The maximum Gasteiger partial charge on any atom is 0.317 e. The molecule has 7 nitrogen and oxygen atoms in total. The zero-order valence-corrected chi connectivity index (χ0v) is 14.8. The molecule has 1 saturated heterocycles. The number of carbonyl (C=O) groups excluding carboxylic acids is 1. The summed E-state index contributed by atoms with van der Waals surface area (Å²) < 4.78 is 12.7. The van der Waals surface area contributed by atoms with Crippen molar-refractivity contribution in [2.45, 2.75) is 24.9 Å². The Morgan fingerprint density at radius 3 is 2.41 bits per heavy atom. The summed E-state index contributed by atoms with van der Waals surface area (Å²) in [7, 11) is 0. The summed E-state index contributed by atoms with van der Waals surface area (Å²) in [6.07, 6.45) is 1.19. The number of tetrazole rings is 1. The molecule has 1 fully saturated rings. The summed E-state index contributed by atoms with van der Waals surface area (Å²) >= 11 is 0. The molecule has 0 unspecified atom stereocenters.